The van der Waals surface area contributed by atoms with Crippen molar-refractivity contribution < 1.29 is 9.50 Å². The molecule has 0 fully saturated rings. The highest BCUT2D eigenvalue weighted by molar-refractivity contribution is 6.30. The fourth-order valence-corrected chi connectivity index (χ4v) is 1.44. The molecule has 3 N–H and O–H groups in total. The Kier molecular flexibility index (Phi) is 5.70. The van der Waals surface area contributed by atoms with Gasteiger partial charge in [0.05, 0.1) is 5.02 Å². The molecule has 2 nitrogen and oxygen atoms in total. The molecule has 5 heteroatoms. The van der Waals surface area contributed by atoms with Gasteiger partial charge in [-0.3, -0.25) is 0 Å². The summed E-state index contributed by atoms with van der Waals surface area (Å²) in [7, 11) is 0. The maximum atomic E-state index is 12.9. The first-order valence-electron chi connectivity index (χ1n) is 4.70. The molecule has 0 unspecified atom stereocenters. The Bertz CT molecular complexity index is 358. The van der Waals surface area contributed by atoms with Crippen molar-refractivity contribution in [3.63, 3.8) is 0 Å². The summed E-state index contributed by atoms with van der Waals surface area (Å²) in [4.78, 5) is 0. The van der Waals surface area contributed by atoms with Gasteiger partial charge in [0, 0.05) is 18.1 Å². The van der Waals surface area contributed by atoms with Gasteiger partial charge in [-0.15, -0.1) is 12.4 Å². The molecule has 0 saturated carbocycles. The van der Waals surface area contributed by atoms with Crippen molar-refractivity contribution in [3.8, 4) is 0 Å². The summed E-state index contributed by atoms with van der Waals surface area (Å²) in [6, 6.07) is 3.99. The van der Waals surface area contributed by atoms with E-state index in [0.717, 1.165) is 5.56 Å². The van der Waals surface area contributed by atoms with Gasteiger partial charge >= 0.3 is 0 Å². The van der Waals surface area contributed by atoms with Crippen molar-refractivity contribution in [1.82, 2.24) is 0 Å². The molecule has 0 aliphatic carbocycles. The largest absolute Gasteiger partial charge is 0.396 e. The zero-order valence-electron chi connectivity index (χ0n) is 9.21. The van der Waals surface area contributed by atoms with Gasteiger partial charge in [-0.1, -0.05) is 31.5 Å². The molecule has 1 rings (SSSR count). The van der Waals surface area contributed by atoms with E-state index in [1.54, 1.807) is 6.07 Å². The second kappa shape index (κ2) is 5.82. The Morgan fingerprint density at radius 2 is 2.06 bits per heavy atom. The summed E-state index contributed by atoms with van der Waals surface area (Å²) < 4.78 is 12.9. The summed E-state index contributed by atoms with van der Waals surface area (Å²) in [6.07, 6.45) is 0. The first kappa shape index (κ1) is 15.7. The second-order valence-electron chi connectivity index (χ2n) is 4.30. The van der Waals surface area contributed by atoms with Gasteiger partial charge in [0.25, 0.3) is 0 Å². The molecule has 1 aromatic carbocycles. The molecule has 1 aromatic rings. The van der Waals surface area contributed by atoms with Gasteiger partial charge in [0.15, 0.2) is 0 Å². The standard InChI is InChI=1S/C11H15ClFNO.ClH/c1-11(2,6-15)10(14)7-3-4-9(13)8(12)5-7;/h3-5,10,15H,6,14H2,1-2H3;1H/t10-;/m1./s1. The molecular formula is C11H16Cl2FNO. The zero-order valence-corrected chi connectivity index (χ0v) is 10.8. The van der Waals surface area contributed by atoms with Crippen molar-refractivity contribution in [1.29, 1.82) is 0 Å². The third-order valence-corrected chi connectivity index (χ3v) is 2.84. The first-order valence-corrected chi connectivity index (χ1v) is 5.07. The quantitative estimate of drug-likeness (QED) is 0.885. The van der Waals surface area contributed by atoms with Crippen LogP contribution in [0.1, 0.15) is 25.5 Å². The van der Waals surface area contributed by atoms with E-state index in [1.165, 1.54) is 12.1 Å². The van der Waals surface area contributed by atoms with Crippen LogP contribution in [0.5, 0.6) is 0 Å². The summed E-state index contributed by atoms with van der Waals surface area (Å²) in [5, 5.41) is 9.22. The first-order chi connectivity index (χ1) is 6.88. The molecule has 0 aliphatic heterocycles. The highest BCUT2D eigenvalue weighted by Gasteiger charge is 2.27. The molecule has 16 heavy (non-hydrogen) atoms. The van der Waals surface area contributed by atoms with Crippen molar-refractivity contribution in [3.05, 3.63) is 34.6 Å². The van der Waals surface area contributed by atoms with Crippen LogP contribution in [0.15, 0.2) is 18.2 Å². The van der Waals surface area contributed by atoms with Crippen LogP contribution in [0.4, 0.5) is 4.39 Å². The van der Waals surface area contributed by atoms with Gasteiger partial charge in [0.1, 0.15) is 5.82 Å². The van der Waals surface area contributed by atoms with E-state index in [2.05, 4.69) is 0 Å². The molecule has 0 aliphatic rings. The summed E-state index contributed by atoms with van der Waals surface area (Å²) in [5.41, 5.74) is 6.23. The molecule has 0 radical (unpaired) electrons. The summed E-state index contributed by atoms with van der Waals surface area (Å²) in [6.45, 7) is 3.65. The third-order valence-electron chi connectivity index (χ3n) is 2.55. The Labute approximate surface area is 106 Å². The average Bonchev–Trinajstić information content (AvgIpc) is 2.21. The Morgan fingerprint density at radius 3 is 2.50 bits per heavy atom. The van der Waals surface area contributed by atoms with Crippen LogP contribution in [0, 0.1) is 11.2 Å². The number of hydrogen-bond donors (Lipinski definition) is 2. The second-order valence-corrected chi connectivity index (χ2v) is 4.71. The maximum Gasteiger partial charge on any atom is 0.141 e. The minimum absolute atomic E-state index is 0. The van der Waals surface area contributed by atoms with E-state index in [9.17, 15) is 4.39 Å². The topological polar surface area (TPSA) is 46.2 Å². The number of benzene rings is 1. The highest BCUT2D eigenvalue weighted by atomic mass is 35.5. The van der Waals surface area contributed by atoms with Crippen molar-refractivity contribution in [2.45, 2.75) is 19.9 Å². The Hall–Kier alpha value is -0.350. The van der Waals surface area contributed by atoms with Crippen molar-refractivity contribution in [2.24, 2.45) is 11.1 Å². The predicted molar refractivity (Wildman–Crippen MR) is 66.5 cm³/mol. The minimum Gasteiger partial charge on any atom is -0.396 e. The molecule has 0 amide bonds. The van der Waals surface area contributed by atoms with Crippen LogP contribution in [0.2, 0.25) is 5.02 Å². The van der Waals surface area contributed by atoms with Gasteiger partial charge < -0.3 is 10.8 Å². The Balaban J connectivity index is 0.00000225. The number of aliphatic hydroxyl groups excluding tert-OH is 1. The van der Waals surface area contributed by atoms with E-state index >= 15 is 0 Å². The molecule has 0 saturated heterocycles. The minimum atomic E-state index is -0.463. The lowest BCUT2D eigenvalue weighted by atomic mass is 9.82. The molecule has 1 atom stereocenters. The molecular weight excluding hydrogens is 252 g/mol. The van der Waals surface area contributed by atoms with E-state index in [1.807, 2.05) is 13.8 Å². The third kappa shape index (κ3) is 3.32. The lowest BCUT2D eigenvalue weighted by Gasteiger charge is -2.29. The molecule has 0 aromatic heterocycles. The predicted octanol–water partition coefficient (Wildman–Crippen LogP) is 2.92. The van der Waals surface area contributed by atoms with Crippen LogP contribution in [0.25, 0.3) is 0 Å². The van der Waals surface area contributed by atoms with Gasteiger partial charge in [0.2, 0.25) is 0 Å². The van der Waals surface area contributed by atoms with Crippen LogP contribution in [-0.4, -0.2) is 11.7 Å². The smallest absolute Gasteiger partial charge is 0.141 e. The van der Waals surface area contributed by atoms with E-state index in [0.29, 0.717) is 0 Å². The average molecular weight is 268 g/mol. The number of halogens is 3. The van der Waals surface area contributed by atoms with Gasteiger partial charge in [-0.25, -0.2) is 4.39 Å². The molecule has 0 spiro atoms. The molecule has 92 valence electrons. The monoisotopic (exact) mass is 267 g/mol. The van der Waals surface area contributed by atoms with Crippen molar-refractivity contribution >= 4 is 24.0 Å². The lowest BCUT2D eigenvalue weighted by molar-refractivity contribution is 0.132. The zero-order chi connectivity index (χ0) is 11.6. The molecule has 0 bridgehead atoms. The van der Waals surface area contributed by atoms with Crippen LogP contribution >= 0.6 is 24.0 Å². The maximum absolute atomic E-state index is 12.9. The van der Waals surface area contributed by atoms with Crippen molar-refractivity contribution in [2.75, 3.05) is 6.61 Å². The lowest BCUT2D eigenvalue weighted by Crippen LogP contribution is -2.32. The van der Waals surface area contributed by atoms with Crippen LogP contribution in [-0.2, 0) is 0 Å². The van der Waals surface area contributed by atoms with Crippen LogP contribution in [0.3, 0.4) is 0 Å². The number of nitrogens with two attached hydrogens (primary N) is 1. The number of hydrogen-bond acceptors (Lipinski definition) is 2. The van der Waals surface area contributed by atoms with E-state index < -0.39 is 11.2 Å². The number of rotatable bonds is 3. The molecule has 0 heterocycles. The van der Waals surface area contributed by atoms with Crippen LogP contribution < -0.4 is 5.73 Å². The number of aliphatic hydroxyl groups is 1. The van der Waals surface area contributed by atoms with Gasteiger partial charge in [-0.2, -0.15) is 0 Å². The fraction of sp³-hybridized carbons (Fsp3) is 0.455. The highest BCUT2D eigenvalue weighted by Crippen LogP contribution is 2.32. The SMILES string of the molecule is CC(C)(CO)[C@H](N)c1ccc(F)c(Cl)c1.Cl. The normalized spacial score (nSPS) is 13.1. The summed E-state index contributed by atoms with van der Waals surface area (Å²) in [5.74, 6) is -0.463. The van der Waals surface area contributed by atoms with E-state index in [4.69, 9.17) is 22.4 Å². The van der Waals surface area contributed by atoms with Gasteiger partial charge in [-0.05, 0) is 17.7 Å². The Morgan fingerprint density at radius 1 is 1.50 bits per heavy atom. The summed E-state index contributed by atoms with van der Waals surface area (Å²) >= 11 is 5.66. The fourth-order valence-electron chi connectivity index (χ4n) is 1.26. The van der Waals surface area contributed by atoms with E-state index in [-0.39, 0.29) is 30.1 Å².